The molecule has 31 heavy (non-hydrogen) atoms. The van der Waals surface area contributed by atoms with Crippen molar-refractivity contribution in [3.63, 3.8) is 0 Å². The van der Waals surface area contributed by atoms with Gasteiger partial charge in [0.15, 0.2) is 0 Å². The minimum absolute atomic E-state index is 0.195. The molecule has 0 spiro atoms. The van der Waals surface area contributed by atoms with E-state index in [9.17, 15) is 13.2 Å². The van der Waals surface area contributed by atoms with Crippen LogP contribution >= 0.6 is 23.2 Å². The van der Waals surface area contributed by atoms with Crippen LogP contribution in [0.4, 0.5) is 5.69 Å². The summed E-state index contributed by atoms with van der Waals surface area (Å²) in [5.41, 5.74) is 3.91. The van der Waals surface area contributed by atoms with Gasteiger partial charge in [-0.2, -0.15) is 0 Å². The van der Waals surface area contributed by atoms with Gasteiger partial charge in [0.05, 0.1) is 23.0 Å². The molecule has 168 valence electrons. The van der Waals surface area contributed by atoms with E-state index in [0.29, 0.717) is 5.02 Å². The molecule has 0 aromatic heterocycles. The van der Waals surface area contributed by atoms with Crippen LogP contribution in [-0.4, -0.2) is 26.6 Å². The molecule has 0 radical (unpaired) electrons. The van der Waals surface area contributed by atoms with Crippen molar-refractivity contribution in [3.8, 4) is 0 Å². The highest BCUT2D eigenvalue weighted by molar-refractivity contribution is 7.92. The highest BCUT2D eigenvalue weighted by Gasteiger charge is 2.33. The summed E-state index contributed by atoms with van der Waals surface area (Å²) in [5, 5.41) is 3.54. The predicted molar refractivity (Wildman–Crippen MR) is 128 cm³/mol. The first kappa shape index (κ1) is 23.9. The van der Waals surface area contributed by atoms with Gasteiger partial charge in [-0.1, -0.05) is 48.3 Å². The number of nitrogens with one attached hydrogen (secondary N) is 1. The van der Waals surface area contributed by atoms with Gasteiger partial charge in [-0.25, -0.2) is 8.42 Å². The number of carbonyl (C=O) groups excluding carboxylic acids is 1. The maximum atomic E-state index is 13.2. The Morgan fingerprint density at radius 2 is 1.77 bits per heavy atom. The Hall–Kier alpha value is -1.76. The minimum atomic E-state index is -3.80. The maximum Gasteiger partial charge on any atom is 0.244 e. The monoisotopic (exact) mass is 482 g/mol. The first-order valence-electron chi connectivity index (χ1n) is 10.5. The molecule has 8 heteroatoms. The summed E-state index contributed by atoms with van der Waals surface area (Å²) in [6.07, 6.45) is 5.88. The number of anilines is 1. The Kier molecular flexibility index (Phi) is 7.55. The first-order chi connectivity index (χ1) is 14.6. The molecule has 1 N–H and O–H groups in total. The Labute approximate surface area is 194 Å². The van der Waals surface area contributed by atoms with Gasteiger partial charge >= 0.3 is 0 Å². The van der Waals surface area contributed by atoms with Crippen molar-refractivity contribution in [1.82, 2.24) is 5.32 Å². The Bertz CT molecular complexity index is 1070. The molecule has 5 nitrogen and oxygen atoms in total. The number of nitrogens with zero attached hydrogens (tertiary/aromatic N) is 1. The molecule has 2 atom stereocenters. The van der Waals surface area contributed by atoms with Crippen LogP contribution in [0.3, 0.4) is 0 Å². The molecule has 1 aliphatic rings. The zero-order valence-electron chi connectivity index (χ0n) is 18.0. The number of carbonyl (C=O) groups is 1. The van der Waals surface area contributed by atoms with E-state index < -0.39 is 16.1 Å². The molecule has 1 amide bonds. The number of halogens is 2. The SMILES string of the molecule is CC[C@@H](C(=O)N[C@@H](C)c1ccc2c(c1)CCCC2)N(c1cc(Cl)ccc1Cl)S(C)(=O)=O. The number of hydrogen-bond donors (Lipinski definition) is 1. The normalized spacial score (nSPS) is 15.6. The average Bonchev–Trinajstić information content (AvgIpc) is 2.72. The van der Waals surface area contributed by atoms with E-state index in [1.165, 1.54) is 36.1 Å². The maximum absolute atomic E-state index is 13.2. The number of sulfonamides is 1. The zero-order chi connectivity index (χ0) is 22.8. The van der Waals surface area contributed by atoms with Crippen LogP contribution in [0.2, 0.25) is 10.0 Å². The van der Waals surface area contributed by atoms with E-state index in [-0.39, 0.29) is 29.1 Å². The summed E-state index contributed by atoms with van der Waals surface area (Å²) in [7, 11) is -3.80. The summed E-state index contributed by atoms with van der Waals surface area (Å²) in [5.74, 6) is -0.380. The first-order valence-corrected chi connectivity index (χ1v) is 13.1. The van der Waals surface area contributed by atoms with Crippen LogP contribution < -0.4 is 9.62 Å². The largest absolute Gasteiger partial charge is 0.348 e. The smallest absolute Gasteiger partial charge is 0.244 e. The predicted octanol–water partition coefficient (Wildman–Crippen LogP) is 5.29. The lowest BCUT2D eigenvalue weighted by molar-refractivity contribution is -0.122. The van der Waals surface area contributed by atoms with Crippen LogP contribution in [0.25, 0.3) is 0 Å². The second-order valence-electron chi connectivity index (χ2n) is 8.04. The van der Waals surface area contributed by atoms with Gasteiger partial charge in [-0.15, -0.1) is 0 Å². The van der Waals surface area contributed by atoms with Gasteiger partial charge in [0.1, 0.15) is 6.04 Å². The fourth-order valence-corrected chi connectivity index (χ4v) is 5.75. The van der Waals surface area contributed by atoms with Crippen molar-refractivity contribution in [1.29, 1.82) is 0 Å². The number of hydrogen-bond acceptors (Lipinski definition) is 3. The van der Waals surface area contributed by atoms with Crippen LogP contribution in [-0.2, 0) is 27.7 Å². The molecule has 0 bridgehead atoms. The molecule has 0 unspecified atom stereocenters. The van der Waals surface area contributed by atoms with Crippen LogP contribution in [0.1, 0.15) is 55.8 Å². The zero-order valence-corrected chi connectivity index (χ0v) is 20.3. The van der Waals surface area contributed by atoms with Crippen molar-refractivity contribution < 1.29 is 13.2 Å². The van der Waals surface area contributed by atoms with Gasteiger partial charge in [0.25, 0.3) is 0 Å². The summed E-state index contributed by atoms with van der Waals surface area (Å²) in [4.78, 5) is 13.2. The van der Waals surface area contributed by atoms with E-state index in [0.717, 1.165) is 29.0 Å². The third-order valence-electron chi connectivity index (χ3n) is 5.71. The van der Waals surface area contributed by atoms with E-state index in [4.69, 9.17) is 23.2 Å². The van der Waals surface area contributed by atoms with Crippen LogP contribution in [0.5, 0.6) is 0 Å². The Balaban J connectivity index is 1.87. The van der Waals surface area contributed by atoms with Gasteiger partial charge in [0.2, 0.25) is 15.9 Å². The second kappa shape index (κ2) is 9.80. The number of benzene rings is 2. The van der Waals surface area contributed by atoms with E-state index >= 15 is 0 Å². The molecule has 3 rings (SSSR count). The Morgan fingerprint density at radius 3 is 2.42 bits per heavy atom. The van der Waals surface area contributed by atoms with Crippen molar-refractivity contribution in [2.45, 2.75) is 58.0 Å². The standard InChI is InChI=1S/C23H28Cl2N2O3S/c1-4-21(27(31(3,29)30)22-14-19(24)11-12-20(22)25)23(28)26-15(2)17-10-9-16-7-5-6-8-18(16)13-17/h9-15,21H,4-8H2,1-3H3,(H,26,28)/t15-,21-/m0/s1. The van der Waals surface area contributed by atoms with Crippen molar-refractivity contribution in [2.75, 3.05) is 10.6 Å². The highest BCUT2D eigenvalue weighted by atomic mass is 35.5. The lowest BCUT2D eigenvalue weighted by atomic mass is 9.89. The molecule has 1 aliphatic carbocycles. The lowest BCUT2D eigenvalue weighted by Crippen LogP contribution is -2.49. The number of aryl methyl sites for hydroxylation is 2. The van der Waals surface area contributed by atoms with Gasteiger partial charge in [-0.3, -0.25) is 9.10 Å². The van der Waals surface area contributed by atoms with Gasteiger partial charge < -0.3 is 5.32 Å². The molecule has 0 saturated carbocycles. The molecule has 2 aromatic rings. The molecular weight excluding hydrogens is 455 g/mol. The summed E-state index contributed by atoms with van der Waals surface area (Å²) in [6, 6.07) is 9.69. The van der Waals surface area contributed by atoms with Crippen LogP contribution in [0.15, 0.2) is 36.4 Å². The van der Waals surface area contributed by atoms with E-state index in [1.807, 2.05) is 13.0 Å². The topological polar surface area (TPSA) is 66.5 Å². The van der Waals surface area contributed by atoms with Gasteiger partial charge in [-0.05, 0) is 73.9 Å². The molecule has 0 fully saturated rings. The third-order valence-corrected chi connectivity index (χ3v) is 7.43. The fourth-order valence-electron chi connectivity index (χ4n) is 4.11. The molecule has 0 heterocycles. The van der Waals surface area contributed by atoms with Crippen molar-refractivity contribution in [2.24, 2.45) is 0 Å². The van der Waals surface area contributed by atoms with Gasteiger partial charge in [0, 0.05) is 5.02 Å². The number of fused-ring (bicyclic) bond motifs is 1. The summed E-state index contributed by atoms with van der Waals surface area (Å²) in [6.45, 7) is 3.68. The van der Waals surface area contributed by atoms with E-state index in [1.54, 1.807) is 13.0 Å². The molecule has 2 aromatic carbocycles. The quantitative estimate of drug-likeness (QED) is 0.582. The van der Waals surface area contributed by atoms with Crippen LogP contribution in [0, 0.1) is 0 Å². The fraction of sp³-hybridized carbons (Fsp3) is 0.435. The molecule has 0 aliphatic heterocycles. The lowest BCUT2D eigenvalue weighted by Gasteiger charge is -2.32. The highest BCUT2D eigenvalue weighted by Crippen LogP contribution is 2.33. The summed E-state index contributed by atoms with van der Waals surface area (Å²) >= 11 is 12.4. The molecular formula is C23H28Cl2N2O3S. The number of rotatable bonds is 7. The Morgan fingerprint density at radius 1 is 1.10 bits per heavy atom. The average molecular weight is 483 g/mol. The number of amides is 1. The van der Waals surface area contributed by atoms with Crippen molar-refractivity contribution in [3.05, 3.63) is 63.1 Å². The second-order valence-corrected chi connectivity index (χ2v) is 10.7. The third kappa shape index (κ3) is 5.54. The van der Waals surface area contributed by atoms with Crippen molar-refractivity contribution >= 4 is 44.8 Å². The van der Waals surface area contributed by atoms with E-state index in [2.05, 4.69) is 17.4 Å². The summed E-state index contributed by atoms with van der Waals surface area (Å²) < 4.78 is 26.4. The molecule has 0 saturated heterocycles. The minimum Gasteiger partial charge on any atom is -0.348 e.